The van der Waals surface area contributed by atoms with Crippen molar-refractivity contribution in [3.8, 4) is 5.75 Å². The number of nitrogens with one attached hydrogen (secondary N) is 2. The second kappa shape index (κ2) is 7.16. The van der Waals surface area contributed by atoms with E-state index in [1.54, 1.807) is 60.8 Å². The van der Waals surface area contributed by atoms with Crippen LogP contribution in [0, 0.1) is 6.92 Å². The predicted octanol–water partition coefficient (Wildman–Crippen LogP) is 3.92. The van der Waals surface area contributed by atoms with Crippen molar-refractivity contribution in [2.45, 2.75) is 6.92 Å². The number of nitrogen functional groups attached to an aromatic ring is 1. The van der Waals surface area contributed by atoms with E-state index in [0.717, 1.165) is 5.56 Å². The maximum absolute atomic E-state index is 12.7. The Morgan fingerprint density at radius 3 is 2.48 bits per heavy atom. The Morgan fingerprint density at radius 2 is 1.76 bits per heavy atom. The molecular formula is C23H19N3O3. The molecule has 0 spiro atoms. The summed E-state index contributed by atoms with van der Waals surface area (Å²) in [6.07, 6.45) is 1.59. The molecule has 1 heterocycles. The minimum absolute atomic E-state index is 0.146. The summed E-state index contributed by atoms with van der Waals surface area (Å²) in [5, 5.41) is 15.6. The van der Waals surface area contributed by atoms with Crippen LogP contribution in [0.5, 0.6) is 5.75 Å². The van der Waals surface area contributed by atoms with Gasteiger partial charge < -0.3 is 21.5 Å². The zero-order valence-electron chi connectivity index (χ0n) is 15.7. The molecule has 1 amide bonds. The molecule has 0 aromatic heterocycles. The van der Waals surface area contributed by atoms with Gasteiger partial charge in [-0.25, -0.2) is 0 Å². The van der Waals surface area contributed by atoms with Crippen molar-refractivity contribution >= 4 is 34.3 Å². The number of phenols is 1. The number of nitrogens with two attached hydrogens (primary N) is 1. The molecule has 0 saturated carbocycles. The van der Waals surface area contributed by atoms with Gasteiger partial charge in [0.15, 0.2) is 5.78 Å². The van der Waals surface area contributed by atoms with E-state index in [9.17, 15) is 14.7 Å². The van der Waals surface area contributed by atoms with Gasteiger partial charge in [-0.3, -0.25) is 9.59 Å². The van der Waals surface area contributed by atoms with Crippen molar-refractivity contribution in [2.75, 3.05) is 16.4 Å². The minimum Gasteiger partial charge on any atom is -0.508 e. The van der Waals surface area contributed by atoms with Crippen molar-refractivity contribution in [1.29, 1.82) is 0 Å². The summed E-state index contributed by atoms with van der Waals surface area (Å²) in [5.74, 6) is -0.232. The number of amides is 1. The molecule has 5 N–H and O–H groups in total. The van der Waals surface area contributed by atoms with Gasteiger partial charge in [0, 0.05) is 46.0 Å². The molecule has 6 heteroatoms. The van der Waals surface area contributed by atoms with Crippen LogP contribution in [-0.2, 0) is 4.79 Å². The molecule has 3 aromatic carbocycles. The number of aromatic hydroxyl groups is 1. The molecule has 0 fully saturated rings. The lowest BCUT2D eigenvalue weighted by Crippen LogP contribution is -2.05. The lowest BCUT2D eigenvalue weighted by atomic mass is 9.99. The summed E-state index contributed by atoms with van der Waals surface area (Å²) in [4.78, 5) is 25.1. The first-order valence-electron chi connectivity index (χ1n) is 9.05. The highest BCUT2D eigenvalue weighted by Gasteiger charge is 2.25. The topological polar surface area (TPSA) is 104 Å². The maximum Gasteiger partial charge on any atom is 0.257 e. The molecule has 6 nitrogen and oxygen atoms in total. The summed E-state index contributed by atoms with van der Waals surface area (Å²) in [5.41, 5.74) is 10.4. The van der Waals surface area contributed by atoms with E-state index in [0.29, 0.717) is 39.3 Å². The average Bonchev–Trinajstić information content (AvgIpc) is 3.03. The molecule has 0 saturated heterocycles. The third-order valence-corrected chi connectivity index (χ3v) is 4.83. The zero-order chi connectivity index (χ0) is 20.5. The largest absolute Gasteiger partial charge is 0.508 e. The molecule has 1 aliphatic heterocycles. The van der Waals surface area contributed by atoms with Crippen LogP contribution >= 0.6 is 0 Å². The molecule has 144 valence electrons. The molecule has 0 radical (unpaired) electrons. The Morgan fingerprint density at radius 1 is 1.03 bits per heavy atom. The SMILES string of the molecule is Cc1ccc(NC=C2C(=O)Nc3cc(C(=O)c4ccc(N)cc4)ccc32)cc1O. The Kier molecular flexibility index (Phi) is 4.52. The third-order valence-electron chi connectivity index (χ3n) is 4.83. The van der Waals surface area contributed by atoms with Crippen molar-refractivity contribution in [2.24, 2.45) is 0 Å². The second-order valence-corrected chi connectivity index (χ2v) is 6.87. The number of aryl methyl sites for hydroxylation is 1. The molecule has 29 heavy (non-hydrogen) atoms. The number of carbonyl (C=O) groups excluding carboxylic acids is 2. The van der Waals surface area contributed by atoms with Gasteiger partial charge in [0.05, 0.1) is 5.57 Å². The lowest BCUT2D eigenvalue weighted by molar-refractivity contribution is -0.110. The van der Waals surface area contributed by atoms with E-state index in [1.807, 2.05) is 13.0 Å². The Balaban J connectivity index is 1.60. The van der Waals surface area contributed by atoms with E-state index >= 15 is 0 Å². The number of carbonyl (C=O) groups is 2. The van der Waals surface area contributed by atoms with Gasteiger partial charge in [0.25, 0.3) is 5.91 Å². The summed E-state index contributed by atoms with van der Waals surface area (Å²) in [6, 6.07) is 17.0. The van der Waals surface area contributed by atoms with E-state index in [-0.39, 0.29) is 17.4 Å². The van der Waals surface area contributed by atoms with Crippen LogP contribution in [-0.4, -0.2) is 16.8 Å². The van der Waals surface area contributed by atoms with E-state index in [4.69, 9.17) is 5.73 Å². The molecule has 0 aliphatic carbocycles. The van der Waals surface area contributed by atoms with E-state index in [1.165, 1.54) is 0 Å². The fourth-order valence-corrected chi connectivity index (χ4v) is 3.13. The van der Waals surface area contributed by atoms with Crippen LogP contribution in [0.25, 0.3) is 5.57 Å². The number of hydrogen-bond acceptors (Lipinski definition) is 5. The quantitative estimate of drug-likeness (QED) is 0.310. The van der Waals surface area contributed by atoms with Crippen molar-refractivity contribution in [3.63, 3.8) is 0 Å². The van der Waals surface area contributed by atoms with Gasteiger partial charge in [0.2, 0.25) is 0 Å². The standard InChI is InChI=1S/C23H19N3O3/c1-13-2-8-17(11-21(13)27)25-12-19-18-9-5-15(10-20(18)26-23(19)29)22(28)14-3-6-16(24)7-4-14/h2-12,25,27H,24H2,1H3,(H,26,29). The van der Waals surface area contributed by atoms with Gasteiger partial charge in [-0.2, -0.15) is 0 Å². The van der Waals surface area contributed by atoms with Crippen LogP contribution in [0.3, 0.4) is 0 Å². The van der Waals surface area contributed by atoms with Gasteiger partial charge >= 0.3 is 0 Å². The van der Waals surface area contributed by atoms with Gasteiger partial charge in [-0.05, 0) is 48.9 Å². The molecule has 4 rings (SSSR count). The number of ketones is 1. The highest BCUT2D eigenvalue weighted by molar-refractivity contribution is 6.32. The van der Waals surface area contributed by atoms with Crippen LogP contribution in [0.1, 0.15) is 27.0 Å². The highest BCUT2D eigenvalue weighted by Crippen LogP contribution is 2.33. The molecule has 0 bridgehead atoms. The fraction of sp³-hybridized carbons (Fsp3) is 0.0435. The number of hydrogen-bond donors (Lipinski definition) is 4. The van der Waals surface area contributed by atoms with E-state index < -0.39 is 0 Å². The van der Waals surface area contributed by atoms with Gasteiger partial charge in [-0.1, -0.05) is 18.2 Å². The first-order valence-corrected chi connectivity index (χ1v) is 9.05. The van der Waals surface area contributed by atoms with Crippen molar-refractivity contribution < 1.29 is 14.7 Å². The lowest BCUT2D eigenvalue weighted by Gasteiger charge is -2.06. The normalized spacial score (nSPS) is 13.8. The summed E-state index contributed by atoms with van der Waals surface area (Å²) < 4.78 is 0. The predicted molar refractivity (Wildman–Crippen MR) is 114 cm³/mol. The molecule has 1 aliphatic rings. The van der Waals surface area contributed by atoms with Crippen molar-refractivity contribution in [3.05, 3.63) is 89.1 Å². The smallest absolute Gasteiger partial charge is 0.257 e. The number of fused-ring (bicyclic) bond motifs is 1. The minimum atomic E-state index is -0.263. The monoisotopic (exact) mass is 385 g/mol. The summed E-state index contributed by atoms with van der Waals surface area (Å²) in [7, 11) is 0. The molecule has 3 aromatic rings. The summed E-state index contributed by atoms with van der Waals surface area (Å²) >= 11 is 0. The van der Waals surface area contributed by atoms with E-state index in [2.05, 4.69) is 10.6 Å². The maximum atomic E-state index is 12.7. The summed E-state index contributed by atoms with van der Waals surface area (Å²) in [6.45, 7) is 1.81. The zero-order valence-corrected chi connectivity index (χ0v) is 15.7. The highest BCUT2D eigenvalue weighted by atomic mass is 16.3. The molecule has 0 unspecified atom stereocenters. The number of phenolic OH excluding ortho intramolecular Hbond substituents is 1. The Labute approximate surface area is 167 Å². The third kappa shape index (κ3) is 3.55. The number of rotatable bonds is 4. The average molecular weight is 385 g/mol. The first kappa shape index (κ1) is 18.3. The van der Waals surface area contributed by atoms with Gasteiger partial charge in [0.1, 0.15) is 5.75 Å². The van der Waals surface area contributed by atoms with Crippen LogP contribution in [0.2, 0.25) is 0 Å². The van der Waals surface area contributed by atoms with Crippen LogP contribution < -0.4 is 16.4 Å². The van der Waals surface area contributed by atoms with Crippen LogP contribution in [0.4, 0.5) is 17.1 Å². The molecule has 0 atom stereocenters. The fourth-order valence-electron chi connectivity index (χ4n) is 3.13. The van der Waals surface area contributed by atoms with Crippen LogP contribution in [0.15, 0.2) is 66.9 Å². The Bertz CT molecular complexity index is 1160. The molecular weight excluding hydrogens is 366 g/mol. The first-order chi connectivity index (χ1) is 13.9. The number of anilines is 3. The second-order valence-electron chi connectivity index (χ2n) is 6.87. The van der Waals surface area contributed by atoms with Crippen molar-refractivity contribution in [1.82, 2.24) is 0 Å². The number of benzene rings is 3. The van der Waals surface area contributed by atoms with Gasteiger partial charge in [-0.15, -0.1) is 0 Å². The Hall–Kier alpha value is -4.06.